The van der Waals surface area contributed by atoms with Gasteiger partial charge in [0.1, 0.15) is 19.3 Å². The summed E-state index contributed by atoms with van der Waals surface area (Å²) < 4.78 is 23.1. The Hall–Kier alpha value is -1.58. The maximum atomic E-state index is 13.1. The molecule has 0 aliphatic carbocycles. The van der Waals surface area contributed by atoms with E-state index in [1.54, 1.807) is 18.2 Å². The van der Waals surface area contributed by atoms with Gasteiger partial charge in [0.2, 0.25) is 0 Å². The highest BCUT2D eigenvalue weighted by molar-refractivity contribution is 5.48. The first-order valence-corrected chi connectivity index (χ1v) is 4.30. The molecule has 1 heterocycles. The van der Waals surface area contributed by atoms with Gasteiger partial charge >= 0.3 is 0 Å². The van der Waals surface area contributed by atoms with Crippen LogP contribution >= 0.6 is 0 Å². The van der Waals surface area contributed by atoms with Crippen LogP contribution in [0.15, 0.2) is 29.3 Å². The van der Waals surface area contributed by atoms with Gasteiger partial charge in [0, 0.05) is 0 Å². The second kappa shape index (κ2) is 4.09. The molecule has 1 aromatic carbocycles. The molecule has 0 N–H and O–H groups in total. The van der Waals surface area contributed by atoms with Crippen LogP contribution in [0.3, 0.4) is 0 Å². The minimum Gasteiger partial charge on any atom is -0.488 e. The van der Waals surface area contributed by atoms with E-state index in [2.05, 4.69) is 11.4 Å². The van der Waals surface area contributed by atoms with Crippen LogP contribution in [-0.4, -0.2) is 25.7 Å². The van der Waals surface area contributed by atoms with Crippen molar-refractivity contribution in [1.82, 2.24) is 0 Å². The number of hydrogen-bond acceptors (Lipinski definition) is 3. The average molecular weight is 194 g/mol. The van der Waals surface area contributed by atoms with Gasteiger partial charge in [0.15, 0.2) is 11.6 Å². The average Bonchev–Trinajstić information content (AvgIpc) is 2.69. The van der Waals surface area contributed by atoms with Gasteiger partial charge in [-0.05, 0) is 12.1 Å². The van der Waals surface area contributed by atoms with E-state index >= 15 is 0 Å². The molecule has 1 atom stereocenters. The van der Waals surface area contributed by atoms with Crippen LogP contribution in [0.1, 0.15) is 0 Å². The van der Waals surface area contributed by atoms with Gasteiger partial charge < -0.3 is 9.47 Å². The molecule has 0 spiro atoms. The number of benzene rings is 1. The van der Waals surface area contributed by atoms with Crippen LogP contribution in [0.5, 0.6) is 5.75 Å². The maximum absolute atomic E-state index is 13.1. The van der Waals surface area contributed by atoms with Gasteiger partial charge in [0.05, 0.1) is 0 Å². The third-order valence-corrected chi connectivity index (χ3v) is 1.84. The van der Waals surface area contributed by atoms with E-state index in [1.807, 2.05) is 0 Å². The van der Waals surface area contributed by atoms with Crippen molar-refractivity contribution in [2.45, 2.75) is 6.04 Å². The van der Waals surface area contributed by atoms with Crippen molar-refractivity contribution in [1.29, 1.82) is 0 Å². The quantitative estimate of drug-likeness (QED) is 0.730. The number of para-hydroxylation sites is 1. The lowest BCUT2D eigenvalue weighted by atomic mass is 10.3. The molecule has 0 saturated heterocycles. The number of nitrogens with zero attached hydrogens (tertiary/aromatic N) is 1. The summed E-state index contributed by atoms with van der Waals surface area (Å²) in [6.07, 6.45) is 2.37. The van der Waals surface area contributed by atoms with Crippen LogP contribution in [0.2, 0.25) is 0 Å². The number of ether oxygens (including phenoxy) is 2. The molecule has 4 heteroatoms. The Labute approximate surface area is 81.2 Å². The second-order valence-electron chi connectivity index (χ2n) is 2.93. The van der Waals surface area contributed by atoms with E-state index in [4.69, 9.17) is 9.47 Å². The summed E-state index contributed by atoms with van der Waals surface area (Å²) >= 11 is 0. The molecule has 1 aliphatic heterocycles. The molecule has 0 amide bonds. The van der Waals surface area contributed by atoms with Crippen LogP contribution < -0.4 is 4.74 Å². The molecule has 14 heavy (non-hydrogen) atoms. The van der Waals surface area contributed by atoms with Crippen molar-refractivity contribution in [2.75, 3.05) is 13.2 Å². The summed E-state index contributed by atoms with van der Waals surface area (Å²) in [6, 6.07) is 6.20. The Bertz CT molecular complexity index is 341. The summed E-state index contributed by atoms with van der Waals surface area (Å²) in [4.78, 5) is 3.86. The molecule has 73 valence electrons. The molecule has 2 rings (SSSR count). The second-order valence-corrected chi connectivity index (χ2v) is 2.93. The lowest BCUT2D eigenvalue weighted by Crippen LogP contribution is -2.17. The first-order chi connectivity index (χ1) is 6.86. The third-order valence-electron chi connectivity index (χ3n) is 1.84. The fraction of sp³-hybridized carbons (Fsp3) is 0.300. The lowest BCUT2D eigenvalue weighted by Gasteiger charge is -2.08. The summed E-state index contributed by atoms with van der Waals surface area (Å²) in [5, 5.41) is 0. The van der Waals surface area contributed by atoms with Gasteiger partial charge in [-0.25, -0.2) is 9.38 Å². The Balaban J connectivity index is 1.91. The van der Waals surface area contributed by atoms with Crippen molar-refractivity contribution in [2.24, 2.45) is 4.99 Å². The molecule has 1 aliphatic rings. The monoisotopic (exact) mass is 194 g/mol. The standard InChI is InChI=1S/C10H9FNO2/c11-9-3-1-2-4-10(9)14-6-8-5-13-7-12-8/h1-4,8H,5-6H2. The van der Waals surface area contributed by atoms with Gasteiger partial charge in [-0.2, -0.15) is 0 Å². The third kappa shape index (κ3) is 2.02. The van der Waals surface area contributed by atoms with Crippen molar-refractivity contribution in [3.05, 3.63) is 30.1 Å². The SMILES string of the molecule is Fc1ccccc1OCC1CO[C]=N1. The normalized spacial score (nSPS) is 19.4. The Morgan fingerprint density at radius 2 is 2.43 bits per heavy atom. The number of rotatable bonds is 3. The van der Waals surface area contributed by atoms with Gasteiger partial charge in [-0.15, -0.1) is 0 Å². The van der Waals surface area contributed by atoms with Crippen molar-refractivity contribution in [3.63, 3.8) is 0 Å². The highest BCUT2D eigenvalue weighted by atomic mass is 19.1. The van der Waals surface area contributed by atoms with Gasteiger partial charge in [0.25, 0.3) is 6.40 Å². The first-order valence-electron chi connectivity index (χ1n) is 4.30. The van der Waals surface area contributed by atoms with Gasteiger partial charge in [-0.1, -0.05) is 12.1 Å². The van der Waals surface area contributed by atoms with E-state index in [-0.39, 0.29) is 17.6 Å². The highest BCUT2D eigenvalue weighted by Crippen LogP contribution is 2.16. The zero-order chi connectivity index (χ0) is 9.80. The van der Waals surface area contributed by atoms with E-state index in [1.165, 1.54) is 6.07 Å². The Morgan fingerprint density at radius 1 is 1.57 bits per heavy atom. The van der Waals surface area contributed by atoms with Crippen LogP contribution in [0.25, 0.3) is 0 Å². The van der Waals surface area contributed by atoms with Crippen LogP contribution in [0.4, 0.5) is 4.39 Å². The molecule has 1 radical (unpaired) electrons. The summed E-state index contributed by atoms with van der Waals surface area (Å²) in [6.45, 7) is 0.766. The molecule has 0 saturated carbocycles. The molecule has 0 aromatic heterocycles. The van der Waals surface area contributed by atoms with Crippen molar-refractivity contribution in [3.8, 4) is 5.75 Å². The smallest absolute Gasteiger partial charge is 0.273 e. The molecule has 1 aromatic rings. The predicted molar refractivity (Wildman–Crippen MR) is 49.1 cm³/mol. The van der Waals surface area contributed by atoms with Crippen LogP contribution in [-0.2, 0) is 4.74 Å². The fourth-order valence-corrected chi connectivity index (χ4v) is 1.12. The van der Waals surface area contributed by atoms with E-state index < -0.39 is 0 Å². The minimum absolute atomic E-state index is 0.0744. The number of halogens is 1. The van der Waals surface area contributed by atoms with Crippen molar-refractivity contribution < 1.29 is 13.9 Å². The first kappa shape index (κ1) is 8.99. The van der Waals surface area contributed by atoms with E-state index in [9.17, 15) is 4.39 Å². The zero-order valence-electron chi connectivity index (χ0n) is 7.44. The topological polar surface area (TPSA) is 30.8 Å². The molecule has 0 fully saturated rings. The van der Waals surface area contributed by atoms with Gasteiger partial charge in [-0.3, -0.25) is 0 Å². The number of aliphatic imine (C=N–C) groups is 1. The number of hydrogen-bond donors (Lipinski definition) is 0. The summed E-state index contributed by atoms with van der Waals surface area (Å²) in [5.41, 5.74) is 0. The van der Waals surface area contributed by atoms with Crippen molar-refractivity contribution >= 4 is 6.40 Å². The maximum Gasteiger partial charge on any atom is 0.273 e. The molecule has 0 bridgehead atoms. The Morgan fingerprint density at radius 3 is 3.14 bits per heavy atom. The lowest BCUT2D eigenvalue weighted by molar-refractivity contribution is 0.239. The molecule has 3 nitrogen and oxygen atoms in total. The molecule has 1 unspecified atom stereocenters. The Kier molecular flexibility index (Phi) is 2.62. The van der Waals surface area contributed by atoms with E-state index in [0.29, 0.717) is 13.2 Å². The highest BCUT2D eigenvalue weighted by Gasteiger charge is 2.13. The summed E-state index contributed by atoms with van der Waals surface area (Å²) in [7, 11) is 0. The largest absolute Gasteiger partial charge is 0.488 e. The molecular weight excluding hydrogens is 185 g/mol. The fourth-order valence-electron chi connectivity index (χ4n) is 1.12. The minimum atomic E-state index is -0.362. The molecular formula is C10H9FNO2. The predicted octanol–water partition coefficient (Wildman–Crippen LogP) is 1.51. The zero-order valence-corrected chi connectivity index (χ0v) is 7.44. The van der Waals surface area contributed by atoms with Crippen LogP contribution in [0, 0.1) is 5.82 Å². The summed E-state index contributed by atoms with van der Waals surface area (Å²) in [5.74, 6) is -0.117. The van der Waals surface area contributed by atoms with E-state index in [0.717, 1.165) is 0 Å².